The van der Waals surface area contributed by atoms with Crippen LogP contribution in [0.1, 0.15) is 39.3 Å². The van der Waals surface area contributed by atoms with Gasteiger partial charge in [0.05, 0.1) is 11.0 Å². The zero-order chi connectivity index (χ0) is 15.8. The molecule has 116 valence electrons. The van der Waals surface area contributed by atoms with E-state index in [0.29, 0.717) is 11.3 Å². The van der Waals surface area contributed by atoms with E-state index in [2.05, 4.69) is 4.90 Å². The van der Waals surface area contributed by atoms with Crippen LogP contribution < -0.4 is 4.74 Å². The van der Waals surface area contributed by atoms with Crippen LogP contribution in [0.15, 0.2) is 18.2 Å². The molecule has 1 N–H and O–H groups in total. The van der Waals surface area contributed by atoms with Crippen LogP contribution in [-0.2, 0) is 0 Å². The molecule has 1 heterocycles. The van der Waals surface area contributed by atoms with Gasteiger partial charge in [-0.25, -0.2) is 0 Å². The van der Waals surface area contributed by atoms with Crippen LogP contribution in [0.4, 0.5) is 5.69 Å². The van der Waals surface area contributed by atoms with Gasteiger partial charge < -0.3 is 9.84 Å². The topological polar surface area (TPSA) is 75.8 Å². The number of aliphatic hydroxyl groups is 1. The SMILES string of the molecule is CCN(CC)[C@H]1c2cc([N+](=O)[O-])ccc2OC(C)(C)[C@@H]1O. The first-order valence-electron chi connectivity index (χ1n) is 7.21. The monoisotopic (exact) mass is 294 g/mol. The third-order valence-corrected chi connectivity index (χ3v) is 4.11. The Kier molecular flexibility index (Phi) is 4.20. The van der Waals surface area contributed by atoms with Gasteiger partial charge in [0.25, 0.3) is 5.69 Å². The lowest BCUT2D eigenvalue weighted by Crippen LogP contribution is -2.53. The predicted molar refractivity (Wildman–Crippen MR) is 79.5 cm³/mol. The Morgan fingerprint density at radius 2 is 2.00 bits per heavy atom. The molecule has 0 saturated carbocycles. The summed E-state index contributed by atoms with van der Waals surface area (Å²) in [4.78, 5) is 12.7. The first kappa shape index (κ1) is 15.7. The molecule has 21 heavy (non-hydrogen) atoms. The van der Waals surface area contributed by atoms with E-state index < -0.39 is 16.6 Å². The molecule has 6 heteroatoms. The van der Waals surface area contributed by atoms with Crippen LogP contribution in [0.2, 0.25) is 0 Å². The number of ether oxygens (including phenoxy) is 1. The number of nitrogens with zero attached hydrogens (tertiary/aromatic N) is 2. The maximum atomic E-state index is 11.0. The highest BCUT2D eigenvalue weighted by Crippen LogP contribution is 2.43. The molecule has 2 rings (SSSR count). The normalized spacial score (nSPS) is 23.5. The molecule has 6 nitrogen and oxygen atoms in total. The third kappa shape index (κ3) is 2.73. The first-order chi connectivity index (χ1) is 9.81. The van der Waals surface area contributed by atoms with Crippen LogP contribution in [0, 0.1) is 10.1 Å². The Balaban J connectivity index is 2.57. The molecular formula is C15H22N2O4. The fourth-order valence-corrected chi connectivity index (χ4v) is 2.88. The molecule has 1 aliphatic heterocycles. The molecule has 1 aliphatic rings. The number of benzene rings is 1. The van der Waals surface area contributed by atoms with Crippen molar-refractivity contribution in [2.75, 3.05) is 13.1 Å². The van der Waals surface area contributed by atoms with Crippen LogP contribution in [0.5, 0.6) is 5.75 Å². The van der Waals surface area contributed by atoms with Crippen LogP contribution in [0.3, 0.4) is 0 Å². The van der Waals surface area contributed by atoms with Crippen LogP contribution >= 0.6 is 0 Å². The summed E-state index contributed by atoms with van der Waals surface area (Å²) in [6, 6.07) is 4.26. The molecule has 0 saturated heterocycles. The third-order valence-electron chi connectivity index (χ3n) is 4.11. The number of fused-ring (bicyclic) bond motifs is 1. The van der Waals surface area contributed by atoms with Crippen molar-refractivity contribution < 1.29 is 14.8 Å². The minimum absolute atomic E-state index is 0.0152. The molecule has 1 aromatic rings. The van der Waals surface area contributed by atoms with Crippen molar-refractivity contribution in [3.05, 3.63) is 33.9 Å². The number of nitro groups is 1. The number of aliphatic hydroxyl groups excluding tert-OH is 1. The summed E-state index contributed by atoms with van der Waals surface area (Å²) in [6.07, 6.45) is -0.757. The van der Waals surface area contributed by atoms with E-state index in [1.165, 1.54) is 12.1 Å². The second-order valence-electron chi connectivity index (χ2n) is 5.80. The maximum Gasteiger partial charge on any atom is 0.270 e. The zero-order valence-corrected chi connectivity index (χ0v) is 12.9. The average molecular weight is 294 g/mol. The number of hydrogen-bond donors (Lipinski definition) is 1. The predicted octanol–water partition coefficient (Wildman–Crippen LogP) is 2.51. The minimum Gasteiger partial charge on any atom is -0.485 e. The van der Waals surface area contributed by atoms with Crippen molar-refractivity contribution >= 4 is 5.69 Å². The van der Waals surface area contributed by atoms with E-state index >= 15 is 0 Å². The molecule has 0 amide bonds. The van der Waals surface area contributed by atoms with Gasteiger partial charge in [0.2, 0.25) is 0 Å². The standard InChI is InChI=1S/C15H22N2O4/c1-5-16(6-2)13-11-9-10(17(19)20)7-8-12(11)21-15(3,4)14(13)18/h7-9,13-14,18H,5-6H2,1-4H3/t13-,14+/m0/s1. The van der Waals surface area contributed by atoms with E-state index in [9.17, 15) is 15.2 Å². The highest BCUT2D eigenvalue weighted by atomic mass is 16.6. The van der Waals surface area contributed by atoms with E-state index in [-0.39, 0.29) is 11.7 Å². The van der Waals surface area contributed by atoms with Gasteiger partial charge in [0.1, 0.15) is 17.5 Å². The Hall–Kier alpha value is -1.66. The fraction of sp³-hybridized carbons (Fsp3) is 0.600. The first-order valence-corrected chi connectivity index (χ1v) is 7.21. The van der Waals surface area contributed by atoms with Gasteiger partial charge in [-0.3, -0.25) is 15.0 Å². The molecule has 0 spiro atoms. The average Bonchev–Trinajstić information content (AvgIpc) is 2.43. The summed E-state index contributed by atoms with van der Waals surface area (Å²) >= 11 is 0. The molecule has 0 unspecified atom stereocenters. The van der Waals surface area contributed by atoms with Crippen molar-refractivity contribution in [3.8, 4) is 5.75 Å². The Morgan fingerprint density at radius 3 is 2.52 bits per heavy atom. The lowest BCUT2D eigenvalue weighted by Gasteiger charge is -2.45. The highest BCUT2D eigenvalue weighted by molar-refractivity contribution is 5.48. The van der Waals surface area contributed by atoms with Gasteiger partial charge >= 0.3 is 0 Å². The van der Waals surface area contributed by atoms with Gasteiger partial charge in [0.15, 0.2) is 0 Å². The van der Waals surface area contributed by atoms with Gasteiger partial charge in [0, 0.05) is 17.7 Å². The largest absolute Gasteiger partial charge is 0.485 e. The minimum atomic E-state index is -0.757. The molecule has 0 bridgehead atoms. The second-order valence-corrected chi connectivity index (χ2v) is 5.80. The molecule has 0 aromatic heterocycles. The molecule has 0 radical (unpaired) electrons. The van der Waals surface area contributed by atoms with Crippen LogP contribution in [0.25, 0.3) is 0 Å². The summed E-state index contributed by atoms with van der Waals surface area (Å²) in [5.74, 6) is 0.604. The van der Waals surface area contributed by atoms with Crippen molar-refractivity contribution in [1.82, 2.24) is 4.90 Å². The van der Waals surface area contributed by atoms with Crippen LogP contribution in [-0.4, -0.2) is 39.7 Å². The van der Waals surface area contributed by atoms with Crippen molar-refractivity contribution in [3.63, 3.8) is 0 Å². The molecule has 0 fully saturated rings. The summed E-state index contributed by atoms with van der Waals surface area (Å²) in [6.45, 7) is 9.18. The number of rotatable bonds is 4. The molecular weight excluding hydrogens is 272 g/mol. The van der Waals surface area contributed by atoms with E-state index in [4.69, 9.17) is 4.74 Å². The summed E-state index contributed by atoms with van der Waals surface area (Å²) in [5, 5.41) is 21.7. The van der Waals surface area contributed by atoms with Crippen molar-refractivity contribution in [1.29, 1.82) is 0 Å². The van der Waals surface area contributed by atoms with Crippen molar-refractivity contribution in [2.45, 2.75) is 45.4 Å². The summed E-state index contributed by atoms with van der Waals surface area (Å²) in [7, 11) is 0. The quantitative estimate of drug-likeness (QED) is 0.682. The Labute approximate surface area is 124 Å². The van der Waals surface area contributed by atoms with Gasteiger partial charge in [-0.1, -0.05) is 13.8 Å². The molecule has 2 atom stereocenters. The number of nitro benzene ring substituents is 1. The van der Waals surface area contributed by atoms with Crippen molar-refractivity contribution in [2.24, 2.45) is 0 Å². The van der Waals surface area contributed by atoms with Gasteiger partial charge in [-0.05, 0) is 33.0 Å². The Morgan fingerprint density at radius 1 is 1.38 bits per heavy atom. The summed E-state index contributed by atoms with van der Waals surface area (Å²) < 4.78 is 5.84. The molecule has 1 aromatic carbocycles. The number of likely N-dealkylation sites (N-methyl/N-ethyl adjacent to an activating group) is 1. The van der Waals surface area contributed by atoms with Gasteiger partial charge in [-0.2, -0.15) is 0 Å². The zero-order valence-electron chi connectivity index (χ0n) is 12.9. The van der Waals surface area contributed by atoms with E-state index in [1.807, 2.05) is 27.7 Å². The highest BCUT2D eigenvalue weighted by Gasteiger charge is 2.45. The second kappa shape index (κ2) is 5.61. The Bertz CT molecular complexity index is 540. The number of hydrogen-bond acceptors (Lipinski definition) is 5. The number of non-ortho nitro benzene ring substituents is 1. The lowest BCUT2D eigenvalue weighted by molar-refractivity contribution is -0.385. The maximum absolute atomic E-state index is 11.0. The summed E-state index contributed by atoms with van der Waals surface area (Å²) in [5.41, 5.74) is -0.0442. The fourth-order valence-electron chi connectivity index (χ4n) is 2.88. The lowest BCUT2D eigenvalue weighted by atomic mass is 9.85. The van der Waals surface area contributed by atoms with E-state index in [0.717, 1.165) is 13.1 Å². The molecule has 0 aliphatic carbocycles. The smallest absolute Gasteiger partial charge is 0.270 e. The van der Waals surface area contributed by atoms with Gasteiger partial charge in [-0.15, -0.1) is 0 Å². The van der Waals surface area contributed by atoms with E-state index in [1.54, 1.807) is 6.07 Å².